The van der Waals surface area contributed by atoms with Crippen LogP contribution in [0.3, 0.4) is 0 Å². The van der Waals surface area contributed by atoms with E-state index in [1.54, 1.807) is 0 Å². The highest BCUT2D eigenvalue weighted by atomic mass is 16.5. The molecule has 1 rings (SSSR count). The third-order valence-corrected chi connectivity index (χ3v) is 2.74. The van der Waals surface area contributed by atoms with Gasteiger partial charge < -0.3 is 15.8 Å². The molecule has 0 spiro atoms. The second-order valence-electron chi connectivity index (χ2n) is 4.24. The topological polar surface area (TPSA) is 67.6 Å². The molecule has 3 N–H and O–H groups in total. The summed E-state index contributed by atoms with van der Waals surface area (Å²) in [5.41, 5.74) is 6.32. The van der Waals surface area contributed by atoms with Crippen LogP contribution < -0.4 is 15.8 Å². The largest absolute Gasteiger partial charge is 0.492 e. The van der Waals surface area contributed by atoms with E-state index in [0.717, 1.165) is 24.5 Å². The Hall–Kier alpha value is -1.75. The van der Waals surface area contributed by atoms with Crippen LogP contribution in [0.15, 0.2) is 24.3 Å². The van der Waals surface area contributed by atoms with Crippen LogP contribution in [0, 0.1) is 0 Å². The number of carbonyl (C=O) groups excluding carboxylic acids is 1. The van der Waals surface area contributed by atoms with Crippen molar-refractivity contribution in [1.82, 2.24) is 10.2 Å². The number of hydrogen-bond donors (Lipinski definition) is 2. The highest BCUT2D eigenvalue weighted by Gasteiger charge is 2.07. The molecule has 0 saturated heterocycles. The quantitative estimate of drug-likeness (QED) is 0.691. The molecule has 1 amide bonds. The predicted octanol–water partition coefficient (Wildman–Crippen LogP) is 1.11. The molecule has 0 aliphatic carbocycles. The maximum atomic E-state index is 11.5. The summed E-state index contributed by atoms with van der Waals surface area (Å²) < 4.78 is 5.61. The molecule has 0 aliphatic rings. The normalized spacial score (nSPS) is 10.5. The van der Waals surface area contributed by atoms with Crippen molar-refractivity contribution in [3.8, 4) is 5.75 Å². The lowest BCUT2D eigenvalue weighted by molar-refractivity contribution is -0.122. The highest BCUT2D eigenvalue weighted by Crippen LogP contribution is 2.12. The first kappa shape index (κ1) is 15.3. The minimum absolute atomic E-state index is 0.0526. The first-order valence-corrected chi connectivity index (χ1v) is 6.63. The summed E-state index contributed by atoms with van der Waals surface area (Å²) in [6, 6.07) is 7.30. The molecule has 5 nitrogen and oxygen atoms in total. The zero-order valence-corrected chi connectivity index (χ0v) is 11.7. The maximum Gasteiger partial charge on any atom is 0.234 e. The van der Waals surface area contributed by atoms with Gasteiger partial charge in [-0.05, 0) is 37.7 Å². The molecule has 0 heterocycles. The van der Waals surface area contributed by atoms with Crippen molar-refractivity contribution < 1.29 is 9.53 Å². The Morgan fingerprint density at radius 3 is 2.58 bits per heavy atom. The summed E-state index contributed by atoms with van der Waals surface area (Å²) in [5.74, 6) is 0.847. The molecule has 0 fully saturated rings. The number of amides is 1. The summed E-state index contributed by atoms with van der Waals surface area (Å²) >= 11 is 0. The summed E-state index contributed by atoms with van der Waals surface area (Å²) in [6.45, 7) is 7.12. The molecule has 106 valence electrons. The number of nitrogen functional groups attached to an aromatic ring is 1. The summed E-state index contributed by atoms with van der Waals surface area (Å²) in [4.78, 5) is 13.5. The average molecular weight is 265 g/mol. The predicted molar refractivity (Wildman–Crippen MR) is 77.1 cm³/mol. The van der Waals surface area contributed by atoms with Crippen LogP contribution in [0.1, 0.15) is 13.8 Å². The van der Waals surface area contributed by atoms with Crippen LogP contribution in [-0.4, -0.2) is 43.6 Å². The minimum Gasteiger partial charge on any atom is -0.492 e. The number of anilines is 1. The van der Waals surface area contributed by atoms with Gasteiger partial charge in [-0.2, -0.15) is 0 Å². The fourth-order valence-electron chi connectivity index (χ4n) is 1.66. The van der Waals surface area contributed by atoms with Gasteiger partial charge in [0.15, 0.2) is 0 Å². The van der Waals surface area contributed by atoms with Gasteiger partial charge >= 0.3 is 0 Å². The number of rotatable bonds is 8. The van der Waals surface area contributed by atoms with Crippen molar-refractivity contribution in [2.45, 2.75) is 13.8 Å². The number of hydrogen-bond acceptors (Lipinski definition) is 4. The van der Waals surface area contributed by atoms with Crippen molar-refractivity contribution in [2.75, 3.05) is 38.5 Å². The molecule has 1 aromatic carbocycles. The van der Waals surface area contributed by atoms with Gasteiger partial charge in [-0.1, -0.05) is 6.92 Å². The summed E-state index contributed by atoms with van der Waals surface area (Å²) in [7, 11) is 0. The van der Waals surface area contributed by atoms with E-state index in [9.17, 15) is 4.79 Å². The number of nitrogens with zero attached hydrogens (tertiary/aromatic N) is 1. The van der Waals surface area contributed by atoms with Gasteiger partial charge in [0.25, 0.3) is 0 Å². The van der Waals surface area contributed by atoms with Crippen molar-refractivity contribution in [2.24, 2.45) is 0 Å². The number of benzene rings is 1. The molecule has 0 atom stereocenters. The minimum atomic E-state index is 0.0526. The monoisotopic (exact) mass is 265 g/mol. The number of likely N-dealkylation sites (N-methyl/N-ethyl adjacent to an activating group) is 2. The molecule has 0 radical (unpaired) electrons. The Bertz CT molecular complexity index is 379. The van der Waals surface area contributed by atoms with E-state index >= 15 is 0 Å². The first-order chi connectivity index (χ1) is 9.15. The lowest BCUT2D eigenvalue weighted by Gasteiger charge is -2.19. The van der Waals surface area contributed by atoms with Crippen LogP contribution in [-0.2, 0) is 4.79 Å². The number of nitrogens with two attached hydrogens (primary N) is 1. The lowest BCUT2D eigenvalue weighted by atomic mass is 10.3. The Balaban J connectivity index is 2.29. The molecule has 19 heavy (non-hydrogen) atoms. The smallest absolute Gasteiger partial charge is 0.234 e. The number of carbonyl (C=O) groups is 1. The van der Waals surface area contributed by atoms with Gasteiger partial charge in [-0.3, -0.25) is 9.69 Å². The lowest BCUT2D eigenvalue weighted by Crippen LogP contribution is -2.38. The fraction of sp³-hybridized carbons (Fsp3) is 0.500. The molecule has 0 aromatic heterocycles. The number of ether oxygens (including phenoxy) is 1. The summed E-state index contributed by atoms with van der Waals surface area (Å²) in [5, 5.41) is 2.79. The van der Waals surface area contributed by atoms with Crippen LogP contribution in [0.25, 0.3) is 0 Å². The molecule has 0 bridgehead atoms. The molecule has 1 aromatic rings. The van der Waals surface area contributed by atoms with Crippen molar-refractivity contribution in [1.29, 1.82) is 0 Å². The van der Waals surface area contributed by atoms with E-state index in [2.05, 4.69) is 5.32 Å². The average Bonchev–Trinajstić information content (AvgIpc) is 2.40. The van der Waals surface area contributed by atoms with E-state index in [4.69, 9.17) is 10.5 Å². The van der Waals surface area contributed by atoms with Gasteiger partial charge in [-0.25, -0.2) is 0 Å². The van der Waals surface area contributed by atoms with Crippen molar-refractivity contribution in [3.05, 3.63) is 24.3 Å². The first-order valence-electron chi connectivity index (χ1n) is 6.63. The van der Waals surface area contributed by atoms with Gasteiger partial charge in [0, 0.05) is 18.8 Å². The van der Waals surface area contributed by atoms with E-state index in [1.807, 2.05) is 43.0 Å². The molecule has 5 heteroatoms. The van der Waals surface area contributed by atoms with E-state index < -0.39 is 0 Å². The highest BCUT2D eigenvalue weighted by molar-refractivity contribution is 5.77. The zero-order valence-electron chi connectivity index (χ0n) is 11.7. The third-order valence-electron chi connectivity index (χ3n) is 2.74. The Morgan fingerprint density at radius 1 is 1.32 bits per heavy atom. The standard InChI is InChI=1S/C14H23N3O2/c1-3-16-14(18)11-17(4-2)9-10-19-13-7-5-12(15)6-8-13/h5-8H,3-4,9-11,15H2,1-2H3,(H,16,18). The second kappa shape index (κ2) is 8.37. The van der Waals surface area contributed by atoms with Crippen LogP contribution in [0.2, 0.25) is 0 Å². The molecule has 0 saturated carbocycles. The Morgan fingerprint density at radius 2 is 2.00 bits per heavy atom. The second-order valence-corrected chi connectivity index (χ2v) is 4.24. The van der Waals surface area contributed by atoms with Gasteiger partial charge in [-0.15, -0.1) is 0 Å². The van der Waals surface area contributed by atoms with E-state index in [-0.39, 0.29) is 5.91 Å². The number of nitrogens with one attached hydrogen (secondary N) is 1. The molecular weight excluding hydrogens is 242 g/mol. The SMILES string of the molecule is CCNC(=O)CN(CC)CCOc1ccc(N)cc1. The maximum absolute atomic E-state index is 11.5. The third kappa shape index (κ3) is 6.10. The van der Waals surface area contributed by atoms with Gasteiger partial charge in [0.1, 0.15) is 12.4 Å². The van der Waals surface area contributed by atoms with E-state index in [1.165, 1.54) is 0 Å². The van der Waals surface area contributed by atoms with Crippen LogP contribution >= 0.6 is 0 Å². The van der Waals surface area contributed by atoms with Crippen LogP contribution in [0.4, 0.5) is 5.69 Å². The Kier molecular flexibility index (Phi) is 6.74. The fourth-order valence-corrected chi connectivity index (χ4v) is 1.66. The zero-order chi connectivity index (χ0) is 14.1. The van der Waals surface area contributed by atoms with Gasteiger partial charge in [0.2, 0.25) is 5.91 Å². The Labute approximate surface area is 114 Å². The molecule has 0 aliphatic heterocycles. The van der Waals surface area contributed by atoms with Gasteiger partial charge in [0.05, 0.1) is 6.54 Å². The summed E-state index contributed by atoms with van der Waals surface area (Å²) in [6.07, 6.45) is 0. The van der Waals surface area contributed by atoms with Crippen molar-refractivity contribution >= 4 is 11.6 Å². The van der Waals surface area contributed by atoms with Crippen molar-refractivity contribution in [3.63, 3.8) is 0 Å². The van der Waals surface area contributed by atoms with Crippen LogP contribution in [0.5, 0.6) is 5.75 Å². The van der Waals surface area contributed by atoms with E-state index in [0.29, 0.717) is 19.7 Å². The molecule has 0 unspecified atom stereocenters. The molecular formula is C14H23N3O2.